The van der Waals surface area contributed by atoms with Crippen molar-refractivity contribution < 1.29 is 18.6 Å². The van der Waals surface area contributed by atoms with E-state index < -0.39 is 0 Å². The zero-order valence-electron chi connectivity index (χ0n) is 36.5. The van der Waals surface area contributed by atoms with Crippen LogP contribution in [-0.2, 0) is 0 Å². The summed E-state index contributed by atoms with van der Waals surface area (Å²) >= 11 is 0. The summed E-state index contributed by atoms with van der Waals surface area (Å²) in [6, 6.07) is 67.5. The molecule has 3 aromatic heterocycles. The van der Waals surface area contributed by atoms with Crippen LogP contribution in [0.3, 0.4) is 0 Å². The van der Waals surface area contributed by atoms with E-state index in [1.165, 1.54) is 27.0 Å². The monoisotopic (exact) mass is 879 g/mol. The second-order valence-corrected chi connectivity index (χ2v) is 19.1. The van der Waals surface area contributed by atoms with Crippen LogP contribution in [0.2, 0.25) is 0 Å². The van der Waals surface area contributed by atoms with Gasteiger partial charge in [-0.25, -0.2) is 0 Å². The van der Waals surface area contributed by atoms with Crippen molar-refractivity contribution in [3.63, 3.8) is 0 Å². The molecule has 0 atom stereocenters. The first-order chi connectivity index (χ1) is 34.2. The van der Waals surface area contributed by atoms with E-state index in [4.69, 9.17) is 18.6 Å². The molecule has 9 heteroatoms. The predicted octanol–water partition coefficient (Wildman–Crippen LogP) is 11.2. The molecule has 0 radical (unpaired) electrons. The summed E-state index contributed by atoms with van der Waals surface area (Å²) in [4.78, 5) is 2.46. The Morgan fingerprint density at radius 2 is 0.855 bits per heavy atom. The van der Waals surface area contributed by atoms with Gasteiger partial charge in [0.05, 0.1) is 33.4 Å². The molecule has 0 N–H and O–H groups in total. The van der Waals surface area contributed by atoms with Crippen molar-refractivity contribution in [2.45, 2.75) is 0 Å². The largest absolute Gasteiger partial charge is 0.458 e. The maximum absolute atomic E-state index is 7.34. The number of fused-ring (bicyclic) bond motifs is 16. The van der Waals surface area contributed by atoms with E-state index >= 15 is 0 Å². The number of rotatable bonds is 2. The van der Waals surface area contributed by atoms with Crippen LogP contribution < -0.4 is 51.9 Å². The van der Waals surface area contributed by atoms with E-state index in [-0.39, 0.29) is 13.4 Å². The van der Waals surface area contributed by atoms with Gasteiger partial charge in [-0.15, -0.1) is 0 Å². The first kappa shape index (κ1) is 35.2. The highest BCUT2D eigenvalue weighted by Gasteiger charge is 2.54. The van der Waals surface area contributed by atoms with Gasteiger partial charge >= 0.3 is 0 Å². The van der Waals surface area contributed by atoms with Crippen LogP contribution in [0.25, 0.3) is 76.9 Å². The number of aromatic nitrogens is 2. The van der Waals surface area contributed by atoms with E-state index in [9.17, 15) is 0 Å². The summed E-state index contributed by atoms with van der Waals surface area (Å²) in [5.41, 5.74) is 18.2. The summed E-state index contributed by atoms with van der Waals surface area (Å²) in [6.45, 7) is -0.321. The number of ether oxygens (including phenoxy) is 3. The Kier molecular flexibility index (Phi) is 6.16. The molecule has 8 heterocycles. The lowest BCUT2D eigenvalue weighted by Gasteiger charge is -2.49. The van der Waals surface area contributed by atoms with Gasteiger partial charge in [-0.2, -0.15) is 0 Å². The second-order valence-electron chi connectivity index (χ2n) is 19.1. The van der Waals surface area contributed by atoms with Crippen LogP contribution in [0.5, 0.6) is 34.5 Å². The minimum atomic E-state index is -0.186. The molecule has 10 aromatic carbocycles. The first-order valence-corrected chi connectivity index (χ1v) is 23.6. The van der Waals surface area contributed by atoms with Crippen molar-refractivity contribution in [1.29, 1.82) is 0 Å². The van der Waals surface area contributed by atoms with Crippen LogP contribution in [0.1, 0.15) is 0 Å². The fraction of sp³-hybridized carbons (Fsp3) is 0. The van der Waals surface area contributed by atoms with Gasteiger partial charge in [-0.05, 0) is 81.3 Å². The number of hydrogen-bond acceptors (Lipinski definition) is 5. The van der Waals surface area contributed by atoms with Crippen molar-refractivity contribution in [2.75, 3.05) is 4.90 Å². The molecule has 18 rings (SSSR count). The molecule has 0 saturated carbocycles. The van der Waals surface area contributed by atoms with Crippen molar-refractivity contribution >= 4 is 129 Å². The number of benzene rings is 10. The quantitative estimate of drug-likeness (QED) is 0.162. The van der Waals surface area contributed by atoms with Crippen LogP contribution in [0.4, 0.5) is 17.1 Å². The molecule has 0 fully saturated rings. The zero-order valence-corrected chi connectivity index (χ0v) is 36.5. The topological polar surface area (TPSA) is 53.9 Å². The SMILES string of the molecule is c1cc2c3c(c1)B1c4ccc(-n5c6ccccc6c6ccccc65)cc4Oc4cc5c6c(c41)N3c1c(cc3c(oc4ccccc43)c1O2)B6c1ccc(-n2c3ccccc3c3ccccc32)cc1O5. The van der Waals surface area contributed by atoms with E-state index in [1.54, 1.807) is 0 Å². The molecule has 316 valence electrons. The fourth-order valence-corrected chi connectivity index (χ4v) is 13.1. The zero-order chi connectivity index (χ0) is 44.4. The van der Waals surface area contributed by atoms with Crippen LogP contribution in [-0.4, -0.2) is 22.6 Å². The average molecular weight is 880 g/mol. The fourth-order valence-electron chi connectivity index (χ4n) is 13.1. The molecule has 0 aliphatic carbocycles. The molecule has 0 amide bonds. The molecule has 5 aliphatic heterocycles. The molecule has 5 aliphatic rings. The van der Waals surface area contributed by atoms with Gasteiger partial charge < -0.3 is 32.7 Å². The van der Waals surface area contributed by atoms with E-state index in [0.29, 0.717) is 0 Å². The standard InChI is InChI=1S/C60H31B2N3O4/c1-6-18-44-34(12-1)35-13-2-7-19-45(35)63(44)32-24-26-40-50(28-32)66-52-31-53-55-58-54(52)61(40)42-17-11-23-49-56(42)65(58)57-43(30-39-38-16-5-10-22-48(38)68-59(39)60(57)69-49)62(55)41-27-25-33(29-51(41)67-53)64-46-20-8-3-14-36(46)37-15-4-9-21-47(37)64/h1-31H. The number of nitrogens with zero attached hydrogens (tertiary/aromatic N) is 3. The minimum absolute atomic E-state index is 0.135. The van der Waals surface area contributed by atoms with Crippen molar-refractivity contribution in [2.24, 2.45) is 0 Å². The van der Waals surface area contributed by atoms with Crippen LogP contribution in [0.15, 0.2) is 192 Å². The molecular weight excluding hydrogens is 848 g/mol. The normalized spacial score (nSPS) is 14.1. The highest BCUT2D eigenvalue weighted by molar-refractivity contribution is 7.04. The maximum Gasteiger partial charge on any atom is 0.256 e. The Morgan fingerprint density at radius 3 is 1.43 bits per heavy atom. The Hall–Kier alpha value is -9.07. The maximum atomic E-state index is 7.34. The molecule has 7 nitrogen and oxygen atoms in total. The van der Waals surface area contributed by atoms with Gasteiger partial charge in [0, 0.05) is 67.6 Å². The summed E-state index contributed by atoms with van der Waals surface area (Å²) in [5, 5.41) is 6.97. The first-order valence-electron chi connectivity index (χ1n) is 23.6. The molecule has 69 heavy (non-hydrogen) atoms. The number of para-hydroxylation sites is 6. The molecule has 0 unspecified atom stereocenters. The number of anilines is 3. The van der Waals surface area contributed by atoms with Crippen LogP contribution in [0, 0.1) is 0 Å². The molecular formula is C60H31B2N3O4. The van der Waals surface area contributed by atoms with Gasteiger partial charge in [0.2, 0.25) is 0 Å². The number of hydrogen-bond donors (Lipinski definition) is 0. The lowest BCUT2D eigenvalue weighted by Crippen LogP contribution is -2.67. The highest BCUT2D eigenvalue weighted by atomic mass is 16.5. The molecule has 13 aromatic rings. The van der Waals surface area contributed by atoms with Crippen molar-refractivity contribution in [3.05, 3.63) is 188 Å². The summed E-state index contributed by atoms with van der Waals surface area (Å²) < 4.78 is 33.4. The van der Waals surface area contributed by atoms with E-state index in [0.717, 1.165) is 134 Å². The van der Waals surface area contributed by atoms with Crippen molar-refractivity contribution in [3.8, 4) is 45.9 Å². The highest BCUT2D eigenvalue weighted by Crippen LogP contribution is 2.57. The average Bonchev–Trinajstić information content (AvgIpc) is 4.06. The minimum Gasteiger partial charge on any atom is -0.458 e. The third kappa shape index (κ3) is 4.17. The second kappa shape index (κ2) is 12.1. The predicted molar refractivity (Wildman–Crippen MR) is 279 cm³/mol. The Labute approximate surface area is 393 Å². The Balaban J connectivity index is 0.915. The number of furan rings is 1. The molecule has 0 bridgehead atoms. The third-order valence-electron chi connectivity index (χ3n) is 15.8. The Morgan fingerprint density at radius 1 is 0.333 bits per heavy atom. The van der Waals surface area contributed by atoms with Gasteiger partial charge in [0.15, 0.2) is 17.1 Å². The third-order valence-corrected chi connectivity index (χ3v) is 15.8. The lowest BCUT2D eigenvalue weighted by molar-refractivity contribution is 0.463. The van der Waals surface area contributed by atoms with Gasteiger partial charge in [-0.1, -0.05) is 121 Å². The van der Waals surface area contributed by atoms with E-state index in [2.05, 4.69) is 190 Å². The summed E-state index contributed by atoms with van der Waals surface area (Å²) in [5.74, 6) is 4.74. The van der Waals surface area contributed by atoms with E-state index in [1.807, 2.05) is 12.1 Å². The van der Waals surface area contributed by atoms with Crippen molar-refractivity contribution in [1.82, 2.24) is 9.13 Å². The summed E-state index contributed by atoms with van der Waals surface area (Å²) in [6.07, 6.45) is 0. The Bertz CT molecular complexity index is 4480. The lowest BCUT2D eigenvalue weighted by atomic mass is 9.29. The van der Waals surface area contributed by atoms with Gasteiger partial charge in [-0.3, -0.25) is 0 Å². The molecule has 0 saturated heterocycles. The smallest absolute Gasteiger partial charge is 0.256 e. The van der Waals surface area contributed by atoms with Gasteiger partial charge in [0.25, 0.3) is 13.4 Å². The molecule has 0 spiro atoms. The van der Waals surface area contributed by atoms with Gasteiger partial charge in [0.1, 0.15) is 28.6 Å². The van der Waals surface area contributed by atoms with Crippen LogP contribution >= 0.6 is 0 Å². The summed E-state index contributed by atoms with van der Waals surface area (Å²) in [7, 11) is 0.